The molecule has 0 aliphatic heterocycles. The van der Waals surface area contributed by atoms with Crippen LogP contribution in [0.15, 0.2) is 0 Å². The lowest BCUT2D eigenvalue weighted by Crippen LogP contribution is -2.40. The van der Waals surface area contributed by atoms with E-state index in [1.54, 1.807) is 0 Å². The highest BCUT2D eigenvalue weighted by Crippen LogP contribution is 2.12. The lowest BCUT2D eigenvalue weighted by Gasteiger charge is -2.23. The Bertz CT molecular complexity index is 94.2. The smallest absolute Gasteiger partial charge is 0.136 e. The van der Waals surface area contributed by atoms with Crippen LogP contribution in [0.3, 0.4) is 0 Å². The predicted octanol–water partition coefficient (Wildman–Crippen LogP) is 1.28. The Kier molecular flexibility index (Phi) is 4.69. The van der Waals surface area contributed by atoms with Crippen LogP contribution in [0.1, 0.15) is 20.8 Å². The topological polar surface area (TPSA) is 35.1 Å². The first-order valence-electron chi connectivity index (χ1n) is 3.20. The van der Waals surface area contributed by atoms with Gasteiger partial charge in [0.2, 0.25) is 0 Å². The average Bonchev–Trinajstić information content (AvgIpc) is 1.80. The Morgan fingerprint density at radius 3 is 2.30 bits per heavy atom. The molecule has 1 N–H and O–H groups in total. The molecule has 0 heterocycles. The van der Waals surface area contributed by atoms with E-state index >= 15 is 0 Å². The predicted molar refractivity (Wildman–Crippen MR) is 46.6 cm³/mol. The molecule has 0 fully saturated rings. The molecule has 0 amide bonds. The van der Waals surface area contributed by atoms with Gasteiger partial charge < -0.3 is 4.55 Å². The van der Waals surface area contributed by atoms with Crippen molar-refractivity contribution in [2.45, 2.75) is 25.5 Å². The van der Waals surface area contributed by atoms with Crippen molar-refractivity contribution in [1.29, 1.82) is 0 Å². The van der Waals surface area contributed by atoms with Gasteiger partial charge in [0.1, 0.15) is 4.75 Å². The number of alkyl halides is 1. The molecule has 0 spiro atoms. The summed E-state index contributed by atoms with van der Waals surface area (Å²) in [5.74, 6) is 0.502. The standard InChI is InChI=1S/C6H14ClNOS/c1-6(2,3)10(9)8-5-4-7/h8H,4-5H2,1-3H3/t10-/m1/s1. The molecule has 0 aromatic carbocycles. The van der Waals surface area contributed by atoms with E-state index < -0.39 is 11.4 Å². The number of nitrogens with one attached hydrogen (secondary N) is 1. The zero-order chi connectivity index (χ0) is 8.20. The van der Waals surface area contributed by atoms with Crippen LogP contribution in [-0.4, -0.2) is 21.7 Å². The van der Waals surface area contributed by atoms with Gasteiger partial charge in [-0.05, 0) is 20.8 Å². The third kappa shape index (κ3) is 4.39. The number of rotatable bonds is 3. The summed E-state index contributed by atoms with van der Waals surface area (Å²) in [4.78, 5) is 0. The van der Waals surface area contributed by atoms with Gasteiger partial charge in [-0.3, -0.25) is 0 Å². The van der Waals surface area contributed by atoms with Crippen molar-refractivity contribution in [1.82, 2.24) is 4.72 Å². The summed E-state index contributed by atoms with van der Waals surface area (Å²) in [6.45, 7) is 6.37. The molecule has 0 saturated heterocycles. The van der Waals surface area contributed by atoms with Crippen LogP contribution >= 0.6 is 11.6 Å². The Morgan fingerprint density at radius 2 is 2.00 bits per heavy atom. The Hall–Kier alpha value is 0.560. The van der Waals surface area contributed by atoms with Gasteiger partial charge in [0.05, 0.1) is 6.54 Å². The summed E-state index contributed by atoms with van der Waals surface area (Å²) >= 11 is 4.43. The fraction of sp³-hybridized carbons (Fsp3) is 1.00. The van der Waals surface area contributed by atoms with Crippen molar-refractivity contribution < 1.29 is 4.55 Å². The second-order valence-corrected chi connectivity index (χ2v) is 5.39. The van der Waals surface area contributed by atoms with Gasteiger partial charge >= 0.3 is 0 Å². The minimum atomic E-state index is -0.972. The zero-order valence-corrected chi connectivity index (χ0v) is 8.18. The van der Waals surface area contributed by atoms with E-state index in [1.165, 1.54) is 0 Å². The summed E-state index contributed by atoms with van der Waals surface area (Å²) in [7, 11) is 0. The van der Waals surface area contributed by atoms with Gasteiger partial charge in [0, 0.05) is 17.2 Å². The normalized spacial score (nSPS) is 15.3. The molecule has 4 heteroatoms. The molecule has 10 heavy (non-hydrogen) atoms. The quantitative estimate of drug-likeness (QED) is 0.529. The second kappa shape index (κ2) is 4.44. The van der Waals surface area contributed by atoms with Crippen LogP contribution in [0.4, 0.5) is 0 Å². The van der Waals surface area contributed by atoms with E-state index in [2.05, 4.69) is 4.72 Å². The van der Waals surface area contributed by atoms with Gasteiger partial charge in [-0.2, -0.15) is 0 Å². The maximum atomic E-state index is 11.2. The highest BCUT2D eigenvalue weighted by molar-refractivity contribution is 7.90. The molecule has 0 aromatic rings. The zero-order valence-electron chi connectivity index (χ0n) is 6.61. The summed E-state index contributed by atoms with van der Waals surface area (Å²) in [6.07, 6.45) is 0. The molecular weight excluding hydrogens is 170 g/mol. The van der Waals surface area contributed by atoms with Gasteiger partial charge in [0.15, 0.2) is 0 Å². The first kappa shape index (κ1) is 10.6. The van der Waals surface area contributed by atoms with Gasteiger partial charge in [-0.15, -0.1) is 16.3 Å². The second-order valence-electron chi connectivity index (χ2n) is 2.96. The third-order valence-electron chi connectivity index (χ3n) is 0.884. The molecule has 0 radical (unpaired) electrons. The molecule has 0 bridgehead atoms. The van der Waals surface area contributed by atoms with E-state index in [-0.39, 0.29) is 4.75 Å². The number of hydrogen-bond acceptors (Lipinski definition) is 2. The van der Waals surface area contributed by atoms with Gasteiger partial charge in [-0.25, -0.2) is 0 Å². The van der Waals surface area contributed by atoms with Crippen LogP contribution in [-0.2, 0) is 11.4 Å². The lowest BCUT2D eigenvalue weighted by atomic mass is 10.3. The van der Waals surface area contributed by atoms with E-state index in [9.17, 15) is 4.55 Å². The first-order valence-corrected chi connectivity index (χ1v) is 4.88. The molecule has 62 valence electrons. The average molecular weight is 184 g/mol. The van der Waals surface area contributed by atoms with Crippen molar-refractivity contribution in [2.75, 3.05) is 12.4 Å². The van der Waals surface area contributed by atoms with Crippen LogP contribution < -0.4 is 4.72 Å². The minimum absolute atomic E-state index is 0.188. The molecular formula is C6H14ClNOS. The van der Waals surface area contributed by atoms with Crippen LogP contribution in [0, 0.1) is 0 Å². The number of hydrogen-bond donors (Lipinski definition) is 1. The maximum absolute atomic E-state index is 11.2. The van der Waals surface area contributed by atoms with Crippen molar-refractivity contribution in [2.24, 2.45) is 0 Å². The Morgan fingerprint density at radius 1 is 1.50 bits per heavy atom. The van der Waals surface area contributed by atoms with Crippen molar-refractivity contribution >= 4 is 23.0 Å². The van der Waals surface area contributed by atoms with E-state index in [0.29, 0.717) is 12.4 Å². The van der Waals surface area contributed by atoms with Crippen LogP contribution in [0.25, 0.3) is 0 Å². The Labute approximate surface area is 70.6 Å². The molecule has 1 atom stereocenters. The summed E-state index contributed by atoms with van der Waals surface area (Å²) in [6, 6.07) is 0. The van der Waals surface area contributed by atoms with Crippen LogP contribution in [0.5, 0.6) is 0 Å². The number of halogens is 1. The first-order chi connectivity index (χ1) is 4.48. The SMILES string of the molecule is CC(C)(C)[S@@+]([O-])NCCCl. The van der Waals surface area contributed by atoms with E-state index in [1.807, 2.05) is 20.8 Å². The molecule has 0 saturated carbocycles. The Balaban J connectivity index is 3.52. The van der Waals surface area contributed by atoms with Crippen molar-refractivity contribution in [3.8, 4) is 0 Å². The van der Waals surface area contributed by atoms with Gasteiger partial charge in [-0.1, -0.05) is 0 Å². The molecule has 0 aliphatic rings. The fourth-order valence-corrected chi connectivity index (χ4v) is 1.27. The third-order valence-corrected chi connectivity index (χ3v) is 2.65. The fourth-order valence-electron chi connectivity index (χ4n) is 0.348. The summed E-state index contributed by atoms with van der Waals surface area (Å²) in [5, 5.41) is 0. The monoisotopic (exact) mass is 183 g/mol. The summed E-state index contributed by atoms with van der Waals surface area (Å²) in [5.41, 5.74) is 0. The molecule has 0 aliphatic carbocycles. The highest BCUT2D eigenvalue weighted by atomic mass is 35.5. The molecule has 0 rings (SSSR count). The molecule has 0 unspecified atom stereocenters. The van der Waals surface area contributed by atoms with Crippen LogP contribution in [0.2, 0.25) is 0 Å². The maximum Gasteiger partial charge on any atom is 0.136 e. The minimum Gasteiger partial charge on any atom is -0.598 e. The van der Waals surface area contributed by atoms with Crippen molar-refractivity contribution in [3.05, 3.63) is 0 Å². The lowest BCUT2D eigenvalue weighted by molar-refractivity contribution is 0.546. The van der Waals surface area contributed by atoms with E-state index in [4.69, 9.17) is 11.6 Å². The van der Waals surface area contributed by atoms with Gasteiger partial charge in [0.25, 0.3) is 0 Å². The summed E-state index contributed by atoms with van der Waals surface area (Å²) < 4.78 is 13.8. The van der Waals surface area contributed by atoms with E-state index in [0.717, 1.165) is 0 Å². The molecule has 2 nitrogen and oxygen atoms in total. The molecule has 0 aromatic heterocycles. The largest absolute Gasteiger partial charge is 0.598 e. The van der Waals surface area contributed by atoms with Crippen molar-refractivity contribution in [3.63, 3.8) is 0 Å². The highest BCUT2D eigenvalue weighted by Gasteiger charge is 2.25.